The molecule has 2 unspecified atom stereocenters. The number of amides is 1. The van der Waals surface area contributed by atoms with Crippen molar-refractivity contribution in [1.29, 1.82) is 0 Å². The molecule has 0 aromatic carbocycles. The molecule has 0 radical (unpaired) electrons. The van der Waals surface area contributed by atoms with Gasteiger partial charge in [-0.1, -0.05) is 0 Å². The Kier molecular flexibility index (Phi) is 3.73. The Morgan fingerprint density at radius 3 is 3.06 bits per heavy atom. The Hall–Kier alpha value is -1.73. The van der Waals surface area contributed by atoms with Gasteiger partial charge in [0.1, 0.15) is 5.69 Å². The molecule has 1 aliphatic rings. The number of hydrogen-bond acceptors (Lipinski definition) is 5. The van der Waals surface area contributed by atoms with Gasteiger partial charge in [0, 0.05) is 19.2 Å². The van der Waals surface area contributed by atoms with Crippen LogP contribution in [0.2, 0.25) is 0 Å². The number of aromatic amines is 1. The lowest BCUT2D eigenvalue weighted by molar-refractivity contribution is -0.0428. The molecule has 0 aliphatic carbocycles. The molecule has 0 saturated carbocycles. The maximum Gasteiger partial charge on any atom is 0.274 e. The van der Waals surface area contributed by atoms with Crippen LogP contribution in [0.5, 0.6) is 0 Å². The minimum Gasteiger partial charge on any atom is -0.373 e. The van der Waals surface area contributed by atoms with Gasteiger partial charge in [-0.15, -0.1) is 0 Å². The molecule has 7 heteroatoms. The van der Waals surface area contributed by atoms with Gasteiger partial charge in [0.25, 0.3) is 11.5 Å². The van der Waals surface area contributed by atoms with E-state index < -0.39 is 0 Å². The first-order valence-corrected chi connectivity index (χ1v) is 5.80. The zero-order valence-electron chi connectivity index (χ0n) is 10.1. The number of carbonyl (C=O) groups excluding carboxylic acids is 1. The van der Waals surface area contributed by atoms with Gasteiger partial charge in [-0.05, 0) is 13.0 Å². The van der Waals surface area contributed by atoms with Crippen LogP contribution in [0.15, 0.2) is 16.9 Å². The van der Waals surface area contributed by atoms with Gasteiger partial charge in [-0.3, -0.25) is 9.59 Å². The van der Waals surface area contributed by atoms with E-state index in [4.69, 9.17) is 10.5 Å². The van der Waals surface area contributed by atoms with Gasteiger partial charge in [0.2, 0.25) is 0 Å². The third-order valence-corrected chi connectivity index (χ3v) is 2.93. The highest BCUT2D eigenvalue weighted by Gasteiger charge is 2.30. The van der Waals surface area contributed by atoms with Gasteiger partial charge in [-0.25, -0.2) is 5.10 Å². The van der Waals surface area contributed by atoms with Crippen molar-refractivity contribution in [3.05, 3.63) is 28.2 Å². The smallest absolute Gasteiger partial charge is 0.274 e. The number of hydrogen-bond donors (Lipinski definition) is 2. The minimum absolute atomic E-state index is 0.0333. The Morgan fingerprint density at radius 1 is 1.67 bits per heavy atom. The van der Waals surface area contributed by atoms with E-state index in [0.717, 1.165) is 0 Å². The molecule has 0 bridgehead atoms. The first kappa shape index (κ1) is 12.7. The van der Waals surface area contributed by atoms with Crippen LogP contribution in [0.4, 0.5) is 0 Å². The maximum atomic E-state index is 12.2. The first-order valence-electron chi connectivity index (χ1n) is 5.80. The summed E-state index contributed by atoms with van der Waals surface area (Å²) in [6, 6.07) is 2.67. The van der Waals surface area contributed by atoms with Crippen LogP contribution in [0.3, 0.4) is 0 Å². The monoisotopic (exact) mass is 252 g/mol. The second-order valence-corrected chi connectivity index (χ2v) is 4.30. The second kappa shape index (κ2) is 5.28. The number of nitrogens with zero attached hydrogens (tertiary/aromatic N) is 2. The average Bonchev–Trinajstić information content (AvgIpc) is 2.39. The Balaban J connectivity index is 2.16. The quantitative estimate of drug-likeness (QED) is 0.700. The number of aromatic nitrogens is 2. The van der Waals surface area contributed by atoms with E-state index in [2.05, 4.69) is 10.2 Å². The van der Waals surface area contributed by atoms with Crippen molar-refractivity contribution in [3.8, 4) is 0 Å². The fourth-order valence-electron chi connectivity index (χ4n) is 1.85. The lowest BCUT2D eigenvalue weighted by Crippen LogP contribution is -2.53. The molecule has 3 N–H and O–H groups in total. The molecule has 7 nitrogen and oxygen atoms in total. The van der Waals surface area contributed by atoms with Crippen LogP contribution in [0.1, 0.15) is 17.4 Å². The first-order chi connectivity index (χ1) is 8.61. The normalized spacial score (nSPS) is 24.0. The Morgan fingerprint density at radius 2 is 2.44 bits per heavy atom. The van der Waals surface area contributed by atoms with E-state index in [9.17, 15) is 9.59 Å². The van der Waals surface area contributed by atoms with Gasteiger partial charge in [-0.2, -0.15) is 5.10 Å². The van der Waals surface area contributed by atoms with Crippen molar-refractivity contribution < 1.29 is 9.53 Å². The number of nitrogens with one attached hydrogen (secondary N) is 1. The van der Waals surface area contributed by atoms with Crippen molar-refractivity contribution in [3.63, 3.8) is 0 Å². The third-order valence-electron chi connectivity index (χ3n) is 2.93. The van der Waals surface area contributed by atoms with Gasteiger partial charge >= 0.3 is 0 Å². The molecule has 0 spiro atoms. The summed E-state index contributed by atoms with van der Waals surface area (Å²) in [6.45, 7) is 3.17. The Labute approximate surface area is 104 Å². The second-order valence-electron chi connectivity index (χ2n) is 4.30. The minimum atomic E-state index is -0.332. The van der Waals surface area contributed by atoms with E-state index in [1.54, 1.807) is 4.90 Å². The lowest BCUT2D eigenvalue weighted by atomic mass is 10.1. The maximum absolute atomic E-state index is 12.2. The van der Waals surface area contributed by atoms with Crippen molar-refractivity contribution >= 4 is 5.91 Å². The van der Waals surface area contributed by atoms with E-state index >= 15 is 0 Å². The summed E-state index contributed by atoms with van der Waals surface area (Å²) in [5.41, 5.74) is 5.43. The zero-order valence-corrected chi connectivity index (χ0v) is 10.1. The lowest BCUT2D eigenvalue weighted by Gasteiger charge is -2.37. The van der Waals surface area contributed by atoms with Gasteiger partial charge < -0.3 is 15.4 Å². The number of ether oxygens (including phenoxy) is 1. The molecule has 1 fully saturated rings. The SMILES string of the molecule is CC1COC(CN)CN1C(=O)c1ccc(=O)[nH]n1. The number of rotatable bonds is 2. The molecule has 1 amide bonds. The van der Waals surface area contributed by atoms with Crippen molar-refractivity contribution in [2.45, 2.75) is 19.1 Å². The highest BCUT2D eigenvalue weighted by atomic mass is 16.5. The molecule has 1 aliphatic heterocycles. The molecule has 2 heterocycles. The average molecular weight is 252 g/mol. The molecule has 2 rings (SSSR count). The largest absolute Gasteiger partial charge is 0.373 e. The molecule has 2 atom stereocenters. The summed E-state index contributed by atoms with van der Waals surface area (Å²) in [7, 11) is 0. The highest BCUT2D eigenvalue weighted by molar-refractivity contribution is 5.92. The fraction of sp³-hybridized carbons (Fsp3) is 0.545. The summed E-state index contributed by atoms with van der Waals surface area (Å²) >= 11 is 0. The summed E-state index contributed by atoms with van der Waals surface area (Å²) in [5.74, 6) is -0.222. The number of H-pyrrole nitrogens is 1. The van der Waals surface area contributed by atoms with Crippen molar-refractivity contribution in [2.75, 3.05) is 19.7 Å². The third kappa shape index (κ3) is 2.57. The zero-order chi connectivity index (χ0) is 13.1. The standard InChI is InChI=1S/C11H16N4O3/c1-7-6-18-8(4-12)5-15(7)11(17)9-2-3-10(16)14-13-9/h2-3,7-8H,4-6,12H2,1H3,(H,14,16). The summed E-state index contributed by atoms with van der Waals surface area (Å²) in [4.78, 5) is 24.8. The number of carbonyl (C=O) groups is 1. The van der Waals surface area contributed by atoms with Crippen LogP contribution in [0.25, 0.3) is 0 Å². The number of morpholine rings is 1. The van der Waals surface area contributed by atoms with Crippen LogP contribution < -0.4 is 11.3 Å². The summed E-state index contributed by atoms with van der Waals surface area (Å²) in [6.07, 6.45) is -0.145. The fourth-order valence-corrected chi connectivity index (χ4v) is 1.85. The summed E-state index contributed by atoms with van der Waals surface area (Å²) in [5, 5.41) is 5.99. The van der Waals surface area contributed by atoms with Crippen LogP contribution >= 0.6 is 0 Å². The van der Waals surface area contributed by atoms with E-state index in [1.807, 2.05) is 6.92 Å². The van der Waals surface area contributed by atoms with Crippen LogP contribution in [-0.4, -0.2) is 52.8 Å². The van der Waals surface area contributed by atoms with E-state index in [-0.39, 0.29) is 29.3 Å². The van der Waals surface area contributed by atoms with Gasteiger partial charge in [0.05, 0.1) is 18.8 Å². The Bertz CT molecular complexity index is 467. The van der Waals surface area contributed by atoms with Crippen molar-refractivity contribution in [2.24, 2.45) is 5.73 Å². The predicted molar refractivity (Wildman–Crippen MR) is 64.2 cm³/mol. The van der Waals surface area contributed by atoms with Gasteiger partial charge in [0.15, 0.2) is 0 Å². The molecule has 98 valence electrons. The molecule has 18 heavy (non-hydrogen) atoms. The summed E-state index contributed by atoms with van der Waals surface area (Å²) < 4.78 is 5.48. The van der Waals surface area contributed by atoms with E-state index in [0.29, 0.717) is 19.7 Å². The van der Waals surface area contributed by atoms with Crippen molar-refractivity contribution in [1.82, 2.24) is 15.1 Å². The molecule has 1 aromatic heterocycles. The predicted octanol–water partition coefficient (Wildman–Crippen LogP) is -1.04. The highest BCUT2D eigenvalue weighted by Crippen LogP contribution is 2.13. The van der Waals surface area contributed by atoms with E-state index in [1.165, 1.54) is 12.1 Å². The molecular weight excluding hydrogens is 236 g/mol. The van der Waals surface area contributed by atoms with Crippen LogP contribution in [0, 0.1) is 0 Å². The molecule has 1 aromatic rings. The molecule has 1 saturated heterocycles. The van der Waals surface area contributed by atoms with Crippen LogP contribution in [-0.2, 0) is 4.74 Å². The number of nitrogens with two attached hydrogens (primary N) is 1. The topological polar surface area (TPSA) is 101 Å². The molecular formula is C11H16N4O3.